The third-order valence-corrected chi connectivity index (χ3v) is 5.01. The van der Waals surface area contributed by atoms with E-state index in [4.69, 9.17) is 9.84 Å². The molecule has 1 aromatic carbocycles. The van der Waals surface area contributed by atoms with Crippen LogP contribution in [0.15, 0.2) is 29.2 Å². The van der Waals surface area contributed by atoms with Crippen molar-refractivity contribution < 1.29 is 19.4 Å². The Morgan fingerprint density at radius 1 is 0.926 bits per heavy atom. The first-order valence-electron chi connectivity index (χ1n) is 10.3. The van der Waals surface area contributed by atoms with E-state index < -0.39 is 17.9 Å². The van der Waals surface area contributed by atoms with Gasteiger partial charge in [0.1, 0.15) is 5.75 Å². The summed E-state index contributed by atoms with van der Waals surface area (Å²) in [6, 6.07) is 6.80. The number of carboxylic acids is 1. The van der Waals surface area contributed by atoms with Gasteiger partial charge in [-0.3, -0.25) is 9.59 Å². The highest BCUT2D eigenvalue weighted by Crippen LogP contribution is 2.21. The first kappa shape index (κ1) is 23.5. The second-order valence-corrected chi connectivity index (χ2v) is 7.70. The Morgan fingerprint density at radius 3 is 1.96 bits per heavy atom. The average Bonchev–Trinajstić information content (AvgIpc) is 2.63. The molecular formula is C22H34O4S. The number of rotatable bonds is 15. The van der Waals surface area contributed by atoms with Gasteiger partial charge in [0.25, 0.3) is 0 Å². The topological polar surface area (TPSA) is 63.6 Å². The van der Waals surface area contributed by atoms with E-state index in [1.165, 1.54) is 44.9 Å². The molecule has 1 unspecified atom stereocenters. The lowest BCUT2D eigenvalue weighted by molar-refractivity contribution is -0.146. The molecule has 0 aliphatic heterocycles. The van der Waals surface area contributed by atoms with Crippen LogP contribution in [0.3, 0.4) is 0 Å². The van der Waals surface area contributed by atoms with Crippen molar-refractivity contribution in [2.24, 2.45) is 5.92 Å². The standard InChI is InChI=1S/C22H34O4S/c1-2-3-4-5-6-7-8-9-10-11-12-18(17-21(23)24)22(25)26-19-13-15-20(27)16-14-19/h13-16,18,27H,2-12,17H2,1H3,(H,23,24). The summed E-state index contributed by atoms with van der Waals surface area (Å²) in [5.74, 6) is -1.58. The van der Waals surface area contributed by atoms with Gasteiger partial charge in [0.2, 0.25) is 0 Å². The second kappa shape index (κ2) is 14.6. The van der Waals surface area contributed by atoms with Crippen LogP contribution in [-0.2, 0) is 9.59 Å². The fourth-order valence-corrected chi connectivity index (χ4v) is 3.25. The number of benzene rings is 1. The largest absolute Gasteiger partial charge is 0.481 e. The third-order valence-electron chi connectivity index (χ3n) is 4.72. The summed E-state index contributed by atoms with van der Waals surface area (Å²) in [6.07, 6.45) is 12.5. The minimum atomic E-state index is -0.963. The van der Waals surface area contributed by atoms with Gasteiger partial charge in [0.15, 0.2) is 0 Å². The number of carbonyl (C=O) groups is 2. The van der Waals surface area contributed by atoms with Crippen LogP contribution in [0.25, 0.3) is 0 Å². The van der Waals surface area contributed by atoms with Crippen LogP contribution < -0.4 is 4.74 Å². The van der Waals surface area contributed by atoms with Crippen molar-refractivity contribution in [1.29, 1.82) is 0 Å². The number of carbonyl (C=O) groups excluding carboxylic acids is 1. The Morgan fingerprint density at radius 2 is 1.44 bits per heavy atom. The molecule has 1 atom stereocenters. The Balaban J connectivity index is 2.26. The third kappa shape index (κ3) is 11.8. The van der Waals surface area contributed by atoms with Crippen LogP contribution in [0.1, 0.15) is 84.0 Å². The molecule has 27 heavy (non-hydrogen) atoms. The number of unbranched alkanes of at least 4 members (excludes halogenated alkanes) is 9. The highest BCUT2D eigenvalue weighted by Gasteiger charge is 2.23. The van der Waals surface area contributed by atoms with E-state index in [1.807, 2.05) is 0 Å². The van der Waals surface area contributed by atoms with E-state index in [0.29, 0.717) is 12.2 Å². The Kier molecular flexibility index (Phi) is 12.7. The van der Waals surface area contributed by atoms with Crippen LogP contribution in [0, 0.1) is 5.92 Å². The van der Waals surface area contributed by atoms with Crippen LogP contribution in [0.4, 0.5) is 0 Å². The van der Waals surface area contributed by atoms with Crippen molar-refractivity contribution in [3.63, 3.8) is 0 Å². The van der Waals surface area contributed by atoms with E-state index in [2.05, 4.69) is 19.6 Å². The van der Waals surface area contributed by atoms with E-state index in [-0.39, 0.29) is 6.42 Å². The molecule has 0 saturated carbocycles. The average molecular weight is 395 g/mol. The van der Waals surface area contributed by atoms with Gasteiger partial charge >= 0.3 is 11.9 Å². The molecule has 0 aliphatic carbocycles. The zero-order chi connectivity index (χ0) is 19.9. The Labute approximate surface area is 169 Å². The summed E-state index contributed by atoms with van der Waals surface area (Å²) in [7, 11) is 0. The van der Waals surface area contributed by atoms with Gasteiger partial charge in [-0.15, -0.1) is 12.6 Å². The minimum Gasteiger partial charge on any atom is -0.481 e. The molecule has 4 nitrogen and oxygen atoms in total. The molecule has 1 rings (SSSR count). The molecule has 0 amide bonds. The van der Waals surface area contributed by atoms with Crippen molar-refractivity contribution in [2.45, 2.75) is 88.9 Å². The van der Waals surface area contributed by atoms with Crippen molar-refractivity contribution >= 4 is 24.6 Å². The zero-order valence-corrected chi connectivity index (χ0v) is 17.4. The first-order valence-corrected chi connectivity index (χ1v) is 10.7. The maximum absolute atomic E-state index is 12.3. The van der Waals surface area contributed by atoms with Gasteiger partial charge in [0, 0.05) is 4.90 Å². The van der Waals surface area contributed by atoms with E-state index >= 15 is 0 Å². The van der Waals surface area contributed by atoms with Crippen molar-refractivity contribution in [3.8, 4) is 5.75 Å². The van der Waals surface area contributed by atoms with Crippen molar-refractivity contribution in [3.05, 3.63) is 24.3 Å². The lowest BCUT2D eigenvalue weighted by Gasteiger charge is -2.14. The number of hydrogen-bond acceptors (Lipinski definition) is 4. The van der Waals surface area contributed by atoms with Crippen LogP contribution in [0.5, 0.6) is 5.75 Å². The van der Waals surface area contributed by atoms with Crippen molar-refractivity contribution in [2.75, 3.05) is 0 Å². The van der Waals surface area contributed by atoms with Crippen molar-refractivity contribution in [1.82, 2.24) is 0 Å². The summed E-state index contributed by atoms with van der Waals surface area (Å²) >= 11 is 4.19. The van der Waals surface area contributed by atoms with E-state index in [0.717, 1.165) is 24.2 Å². The van der Waals surface area contributed by atoms with Gasteiger partial charge in [0.05, 0.1) is 12.3 Å². The van der Waals surface area contributed by atoms with E-state index in [1.54, 1.807) is 24.3 Å². The lowest BCUT2D eigenvalue weighted by Crippen LogP contribution is -2.23. The maximum Gasteiger partial charge on any atom is 0.314 e. The predicted octanol–water partition coefficient (Wildman–Crippen LogP) is 6.28. The molecule has 1 aromatic rings. The molecular weight excluding hydrogens is 360 g/mol. The smallest absolute Gasteiger partial charge is 0.314 e. The first-order chi connectivity index (χ1) is 13.0. The molecule has 0 fully saturated rings. The molecule has 0 bridgehead atoms. The fraction of sp³-hybridized carbons (Fsp3) is 0.636. The molecule has 5 heteroatoms. The lowest BCUT2D eigenvalue weighted by atomic mass is 9.97. The maximum atomic E-state index is 12.3. The fourth-order valence-electron chi connectivity index (χ4n) is 3.11. The number of hydrogen-bond donors (Lipinski definition) is 2. The highest BCUT2D eigenvalue weighted by molar-refractivity contribution is 7.80. The van der Waals surface area contributed by atoms with E-state index in [9.17, 15) is 9.59 Å². The molecule has 0 saturated heterocycles. The van der Waals surface area contributed by atoms with Crippen LogP contribution in [0.2, 0.25) is 0 Å². The summed E-state index contributed by atoms with van der Waals surface area (Å²) in [4.78, 5) is 24.2. The Bertz CT molecular complexity index is 542. The molecule has 0 aromatic heterocycles. The molecule has 1 N–H and O–H groups in total. The molecule has 0 radical (unpaired) electrons. The summed E-state index contributed by atoms with van der Waals surface area (Å²) < 4.78 is 5.34. The monoisotopic (exact) mass is 394 g/mol. The van der Waals surface area contributed by atoms with Crippen LogP contribution in [-0.4, -0.2) is 17.0 Å². The van der Waals surface area contributed by atoms with Gasteiger partial charge in [-0.25, -0.2) is 0 Å². The summed E-state index contributed by atoms with van der Waals surface area (Å²) in [5, 5.41) is 9.08. The molecule has 152 valence electrons. The van der Waals surface area contributed by atoms with Crippen LogP contribution >= 0.6 is 12.6 Å². The zero-order valence-electron chi connectivity index (χ0n) is 16.5. The van der Waals surface area contributed by atoms with Gasteiger partial charge < -0.3 is 9.84 Å². The second-order valence-electron chi connectivity index (χ2n) is 7.18. The summed E-state index contributed by atoms with van der Waals surface area (Å²) in [6.45, 7) is 2.23. The number of aliphatic carboxylic acids is 1. The Hall–Kier alpha value is -1.49. The molecule has 0 heterocycles. The minimum absolute atomic E-state index is 0.180. The van der Waals surface area contributed by atoms with Gasteiger partial charge in [-0.1, -0.05) is 71.1 Å². The highest BCUT2D eigenvalue weighted by atomic mass is 32.1. The number of thiol groups is 1. The summed E-state index contributed by atoms with van der Waals surface area (Å²) in [5.41, 5.74) is 0. The number of ether oxygens (including phenoxy) is 1. The molecule has 0 aliphatic rings. The SMILES string of the molecule is CCCCCCCCCCCCC(CC(=O)O)C(=O)Oc1ccc(S)cc1. The number of esters is 1. The normalized spacial score (nSPS) is 11.9. The molecule has 0 spiro atoms. The van der Waals surface area contributed by atoms with Gasteiger partial charge in [-0.05, 0) is 30.7 Å². The number of carboxylic acid groups (broad SMARTS) is 1. The van der Waals surface area contributed by atoms with Gasteiger partial charge in [-0.2, -0.15) is 0 Å². The predicted molar refractivity (Wildman–Crippen MR) is 112 cm³/mol. The quantitative estimate of drug-likeness (QED) is 0.159.